The van der Waals surface area contributed by atoms with Gasteiger partial charge in [0.1, 0.15) is 0 Å². The van der Waals surface area contributed by atoms with Crippen molar-refractivity contribution in [2.24, 2.45) is 46.8 Å². The lowest BCUT2D eigenvalue weighted by Crippen LogP contribution is -2.68. The van der Waals surface area contributed by atoms with Gasteiger partial charge in [-0.2, -0.15) is 4.89 Å². The number of rotatable bonds is 6. The van der Waals surface area contributed by atoms with E-state index in [1.165, 1.54) is 38.5 Å². The van der Waals surface area contributed by atoms with Gasteiger partial charge in [0.25, 0.3) is 0 Å². The molecule has 0 saturated heterocycles. The summed E-state index contributed by atoms with van der Waals surface area (Å²) >= 11 is 0. The molecule has 0 N–H and O–H groups in total. The van der Waals surface area contributed by atoms with Crippen LogP contribution in [0.1, 0.15) is 72.6 Å². The quantitative estimate of drug-likeness (QED) is 0.390. The molecule has 0 amide bonds. The molecule has 4 heteroatoms. The molecule has 1 unspecified atom stereocenters. The summed E-state index contributed by atoms with van der Waals surface area (Å²) in [5.74, 6) is 6.31. The zero-order chi connectivity index (χ0) is 18.3. The summed E-state index contributed by atoms with van der Waals surface area (Å²) in [4.78, 5) is 22.6. The van der Waals surface area contributed by atoms with Crippen LogP contribution in [0.15, 0.2) is 0 Å². The van der Waals surface area contributed by atoms with Crippen LogP contribution in [-0.2, 0) is 19.3 Å². The first-order valence-electron chi connectivity index (χ1n) is 10.9. The maximum Gasteiger partial charge on any atom is 0.347 e. The summed E-state index contributed by atoms with van der Waals surface area (Å²) in [6, 6.07) is 0. The van der Waals surface area contributed by atoms with E-state index in [4.69, 9.17) is 14.5 Å². The second-order valence-corrected chi connectivity index (χ2v) is 10.7. The highest BCUT2D eigenvalue weighted by Crippen LogP contribution is 2.72. The zero-order valence-corrected chi connectivity index (χ0v) is 16.7. The van der Waals surface area contributed by atoms with Gasteiger partial charge in [0, 0.05) is 0 Å². The van der Waals surface area contributed by atoms with E-state index in [9.17, 15) is 4.79 Å². The Kier molecular flexibility index (Phi) is 3.83. The molecule has 8 bridgehead atoms. The summed E-state index contributed by atoms with van der Waals surface area (Å²) in [5.41, 5.74) is -0.543. The van der Waals surface area contributed by atoms with Crippen molar-refractivity contribution in [1.29, 1.82) is 0 Å². The van der Waals surface area contributed by atoms with Crippen LogP contribution < -0.4 is 0 Å². The van der Waals surface area contributed by atoms with Gasteiger partial charge in [-0.3, -0.25) is 4.89 Å². The predicted molar refractivity (Wildman–Crippen MR) is 96.7 cm³/mol. The fourth-order valence-corrected chi connectivity index (χ4v) is 7.73. The first-order chi connectivity index (χ1) is 12.3. The summed E-state index contributed by atoms with van der Waals surface area (Å²) in [5, 5.41) is 0. The standard InChI is InChI=1S/C22H34O4/c1-5-21(3,4)20(23)26-25-12(2)24-22-9-17-14-6-13-7-15(17)19(11-22)16(8-13)18(14)10-22/h12-19H,5-11H2,1-4H3. The summed E-state index contributed by atoms with van der Waals surface area (Å²) in [6.45, 7) is 7.63. The fraction of sp³-hybridized carbons (Fsp3) is 0.955. The van der Waals surface area contributed by atoms with E-state index in [-0.39, 0.29) is 11.6 Å². The van der Waals surface area contributed by atoms with E-state index in [0.29, 0.717) is 0 Å². The Morgan fingerprint density at radius 2 is 1.50 bits per heavy atom. The first-order valence-corrected chi connectivity index (χ1v) is 10.9. The Bertz CT molecular complexity index is 537. The van der Waals surface area contributed by atoms with Crippen LogP contribution in [0.2, 0.25) is 0 Å². The number of carbonyl (C=O) groups is 1. The minimum Gasteiger partial charge on any atom is -0.342 e. The molecule has 146 valence electrons. The SMILES string of the molecule is CCC(C)(C)C(=O)OOC(C)OC12CC3C4CC5CC3C(C1)C(C5)C4C2. The third-order valence-corrected chi connectivity index (χ3v) is 9.05. The van der Waals surface area contributed by atoms with E-state index in [0.717, 1.165) is 47.8 Å². The van der Waals surface area contributed by atoms with E-state index in [2.05, 4.69) is 0 Å². The second-order valence-electron chi connectivity index (χ2n) is 10.7. The third kappa shape index (κ3) is 2.44. The molecule has 0 spiro atoms. The lowest BCUT2D eigenvalue weighted by Gasteiger charge is -2.72. The van der Waals surface area contributed by atoms with Crippen molar-refractivity contribution < 1.29 is 19.3 Å². The van der Waals surface area contributed by atoms with Crippen molar-refractivity contribution >= 4 is 5.97 Å². The number of carbonyl (C=O) groups excluding carboxylic acids is 1. The Morgan fingerprint density at radius 3 is 1.96 bits per heavy atom. The van der Waals surface area contributed by atoms with Gasteiger partial charge in [0.05, 0.1) is 11.0 Å². The molecule has 0 aliphatic heterocycles. The molecule has 4 nitrogen and oxygen atoms in total. The van der Waals surface area contributed by atoms with Crippen LogP contribution in [-0.4, -0.2) is 17.9 Å². The van der Waals surface area contributed by atoms with Crippen LogP contribution in [0, 0.1) is 46.8 Å². The molecule has 0 aromatic rings. The molecule has 0 radical (unpaired) electrons. The maximum atomic E-state index is 12.1. The lowest BCUT2D eigenvalue weighted by atomic mass is 9.35. The summed E-state index contributed by atoms with van der Waals surface area (Å²) < 4.78 is 6.48. The van der Waals surface area contributed by atoms with Crippen LogP contribution in [0.4, 0.5) is 0 Å². The van der Waals surface area contributed by atoms with Crippen molar-refractivity contribution in [3.8, 4) is 0 Å². The minimum absolute atomic E-state index is 0.0280. The van der Waals surface area contributed by atoms with Gasteiger partial charge in [-0.25, -0.2) is 4.79 Å². The Hall–Kier alpha value is -0.610. The topological polar surface area (TPSA) is 44.8 Å². The van der Waals surface area contributed by atoms with Gasteiger partial charge in [-0.05, 0) is 107 Å². The highest BCUT2D eigenvalue weighted by molar-refractivity contribution is 5.75. The van der Waals surface area contributed by atoms with Gasteiger partial charge in [0.15, 0.2) is 0 Å². The predicted octanol–water partition coefficient (Wildman–Crippen LogP) is 4.72. The average Bonchev–Trinajstić information content (AvgIpc) is 2.62. The molecule has 26 heavy (non-hydrogen) atoms. The molecule has 0 aromatic heterocycles. The van der Waals surface area contributed by atoms with Crippen LogP contribution >= 0.6 is 0 Å². The third-order valence-electron chi connectivity index (χ3n) is 9.05. The minimum atomic E-state index is -0.515. The van der Waals surface area contributed by atoms with Gasteiger partial charge in [-0.15, -0.1) is 0 Å². The molecule has 7 rings (SSSR count). The molecule has 7 aliphatic rings. The summed E-state index contributed by atoms with van der Waals surface area (Å²) in [7, 11) is 0. The Morgan fingerprint density at radius 1 is 1.00 bits per heavy atom. The van der Waals surface area contributed by atoms with E-state index in [1.54, 1.807) is 0 Å². The van der Waals surface area contributed by atoms with Crippen LogP contribution in [0.25, 0.3) is 0 Å². The van der Waals surface area contributed by atoms with Gasteiger partial charge in [0.2, 0.25) is 6.29 Å². The number of hydrogen-bond donors (Lipinski definition) is 0. The van der Waals surface area contributed by atoms with Crippen LogP contribution in [0.3, 0.4) is 0 Å². The van der Waals surface area contributed by atoms with Crippen molar-refractivity contribution in [2.45, 2.75) is 84.5 Å². The summed E-state index contributed by atoms with van der Waals surface area (Å²) in [6.07, 6.45) is 8.31. The van der Waals surface area contributed by atoms with Crippen molar-refractivity contribution in [3.05, 3.63) is 0 Å². The molecular weight excluding hydrogens is 328 g/mol. The first kappa shape index (κ1) is 17.5. The van der Waals surface area contributed by atoms with E-state index in [1.807, 2.05) is 27.7 Å². The highest BCUT2D eigenvalue weighted by Gasteiger charge is 2.68. The second kappa shape index (κ2) is 5.70. The van der Waals surface area contributed by atoms with Crippen molar-refractivity contribution in [2.75, 3.05) is 0 Å². The Labute approximate surface area is 157 Å². The number of ether oxygens (including phenoxy) is 1. The van der Waals surface area contributed by atoms with Crippen molar-refractivity contribution in [1.82, 2.24) is 0 Å². The molecule has 0 heterocycles. The fourth-order valence-electron chi connectivity index (χ4n) is 7.73. The van der Waals surface area contributed by atoms with Crippen molar-refractivity contribution in [3.63, 3.8) is 0 Å². The molecule has 7 fully saturated rings. The van der Waals surface area contributed by atoms with Gasteiger partial charge in [-0.1, -0.05) is 6.92 Å². The van der Waals surface area contributed by atoms with Gasteiger partial charge >= 0.3 is 5.97 Å². The average molecular weight is 363 g/mol. The normalized spacial score (nSPS) is 48.8. The molecule has 7 saturated carbocycles. The molecule has 1 atom stereocenters. The maximum absolute atomic E-state index is 12.1. The molecule has 0 aromatic carbocycles. The molecule has 7 aliphatic carbocycles. The lowest BCUT2D eigenvalue weighted by molar-refractivity contribution is -0.387. The highest BCUT2D eigenvalue weighted by atomic mass is 17.2. The molecular formula is C22H34O4. The Balaban J connectivity index is 1.24. The van der Waals surface area contributed by atoms with E-state index >= 15 is 0 Å². The van der Waals surface area contributed by atoms with Crippen LogP contribution in [0.5, 0.6) is 0 Å². The largest absolute Gasteiger partial charge is 0.347 e. The van der Waals surface area contributed by atoms with Gasteiger partial charge < -0.3 is 4.74 Å². The number of hydrogen-bond acceptors (Lipinski definition) is 4. The zero-order valence-electron chi connectivity index (χ0n) is 16.7. The smallest absolute Gasteiger partial charge is 0.342 e. The monoisotopic (exact) mass is 362 g/mol. The van der Waals surface area contributed by atoms with E-state index < -0.39 is 11.7 Å².